The number of rotatable bonds is 6. The van der Waals surface area contributed by atoms with Crippen LogP contribution >= 0.6 is 11.8 Å². The van der Waals surface area contributed by atoms with Crippen LogP contribution in [0.15, 0.2) is 53.4 Å². The van der Waals surface area contributed by atoms with Crippen molar-refractivity contribution in [1.82, 2.24) is 5.32 Å². The fourth-order valence-corrected chi connectivity index (χ4v) is 3.92. The van der Waals surface area contributed by atoms with Gasteiger partial charge in [-0.3, -0.25) is 9.59 Å². The standard InChI is InChI=1S/C21H24N2O2S/c1-3-15(2)22-21(25)17-9-5-7-11-19(17)26-14-20(24)23-13-12-16-8-4-6-10-18(16)23/h4-11,15H,3,12-14H2,1-2H3,(H,22,25). The maximum Gasteiger partial charge on any atom is 0.252 e. The van der Waals surface area contributed by atoms with E-state index in [1.54, 1.807) is 0 Å². The van der Waals surface area contributed by atoms with Crippen LogP contribution in [0.25, 0.3) is 0 Å². The van der Waals surface area contributed by atoms with E-state index in [4.69, 9.17) is 0 Å². The van der Waals surface area contributed by atoms with Gasteiger partial charge < -0.3 is 10.2 Å². The molecule has 2 aromatic rings. The highest BCUT2D eigenvalue weighted by Crippen LogP contribution is 2.29. The number of nitrogens with one attached hydrogen (secondary N) is 1. The summed E-state index contributed by atoms with van der Waals surface area (Å²) in [6.07, 6.45) is 1.79. The summed E-state index contributed by atoms with van der Waals surface area (Å²) in [5, 5.41) is 2.99. The first-order valence-electron chi connectivity index (χ1n) is 9.01. The molecule has 5 heteroatoms. The van der Waals surface area contributed by atoms with Crippen molar-refractivity contribution in [2.45, 2.75) is 37.6 Å². The first-order chi connectivity index (χ1) is 12.6. The molecule has 0 saturated heterocycles. The van der Waals surface area contributed by atoms with Crippen LogP contribution in [0.4, 0.5) is 5.69 Å². The Balaban J connectivity index is 1.67. The molecule has 2 amide bonds. The molecule has 0 aliphatic carbocycles. The van der Waals surface area contributed by atoms with Crippen LogP contribution in [-0.2, 0) is 11.2 Å². The van der Waals surface area contributed by atoms with Crippen LogP contribution < -0.4 is 10.2 Å². The second kappa shape index (κ2) is 8.41. The maximum atomic E-state index is 12.7. The third-order valence-corrected chi connectivity index (χ3v) is 5.72. The Morgan fingerprint density at radius 2 is 1.88 bits per heavy atom. The van der Waals surface area contributed by atoms with Gasteiger partial charge in [0.25, 0.3) is 5.91 Å². The van der Waals surface area contributed by atoms with E-state index in [-0.39, 0.29) is 17.9 Å². The van der Waals surface area contributed by atoms with Gasteiger partial charge in [0, 0.05) is 23.2 Å². The normalized spacial score (nSPS) is 14.0. The minimum absolute atomic E-state index is 0.0806. The zero-order valence-corrected chi connectivity index (χ0v) is 16.0. The van der Waals surface area contributed by atoms with Crippen molar-refractivity contribution in [3.05, 3.63) is 59.7 Å². The van der Waals surface area contributed by atoms with Gasteiger partial charge in [0.15, 0.2) is 0 Å². The highest BCUT2D eigenvalue weighted by molar-refractivity contribution is 8.00. The summed E-state index contributed by atoms with van der Waals surface area (Å²) in [7, 11) is 0. The predicted molar refractivity (Wildman–Crippen MR) is 107 cm³/mol. The highest BCUT2D eigenvalue weighted by atomic mass is 32.2. The molecular weight excluding hydrogens is 344 g/mol. The number of para-hydroxylation sites is 1. The van der Waals surface area contributed by atoms with E-state index < -0.39 is 0 Å². The molecule has 0 aromatic heterocycles. The third-order valence-electron chi connectivity index (χ3n) is 4.66. The van der Waals surface area contributed by atoms with E-state index in [2.05, 4.69) is 11.4 Å². The topological polar surface area (TPSA) is 49.4 Å². The average Bonchev–Trinajstić information content (AvgIpc) is 3.10. The van der Waals surface area contributed by atoms with Gasteiger partial charge in [-0.15, -0.1) is 11.8 Å². The number of carbonyl (C=O) groups excluding carboxylic acids is 2. The molecule has 0 radical (unpaired) electrons. The number of benzene rings is 2. The molecule has 3 rings (SSSR count). The van der Waals surface area contributed by atoms with E-state index in [0.717, 1.165) is 30.0 Å². The van der Waals surface area contributed by atoms with Gasteiger partial charge in [0.05, 0.1) is 11.3 Å². The van der Waals surface area contributed by atoms with Crippen molar-refractivity contribution >= 4 is 29.3 Å². The molecule has 0 spiro atoms. The first-order valence-corrected chi connectivity index (χ1v) is 9.99. The van der Waals surface area contributed by atoms with Crippen LogP contribution in [0.2, 0.25) is 0 Å². The second-order valence-corrected chi connectivity index (χ2v) is 7.51. The summed E-state index contributed by atoms with van der Waals surface area (Å²) in [4.78, 5) is 27.9. The molecule has 0 bridgehead atoms. The molecule has 1 unspecified atom stereocenters. The zero-order chi connectivity index (χ0) is 18.5. The Kier molecular flexibility index (Phi) is 5.99. The Bertz CT molecular complexity index is 806. The molecular formula is C21H24N2O2S. The lowest BCUT2D eigenvalue weighted by Crippen LogP contribution is -2.32. The van der Waals surface area contributed by atoms with Crippen LogP contribution in [-0.4, -0.2) is 30.2 Å². The highest BCUT2D eigenvalue weighted by Gasteiger charge is 2.24. The van der Waals surface area contributed by atoms with E-state index in [1.165, 1.54) is 17.3 Å². The molecule has 2 aromatic carbocycles. The van der Waals surface area contributed by atoms with Gasteiger partial charge in [-0.25, -0.2) is 0 Å². The number of thioether (sulfide) groups is 1. The number of fused-ring (bicyclic) bond motifs is 1. The van der Waals surface area contributed by atoms with Crippen molar-refractivity contribution in [2.75, 3.05) is 17.2 Å². The van der Waals surface area contributed by atoms with Crippen molar-refractivity contribution in [3.8, 4) is 0 Å². The lowest BCUT2D eigenvalue weighted by Gasteiger charge is -2.18. The van der Waals surface area contributed by atoms with Crippen LogP contribution in [0.5, 0.6) is 0 Å². The molecule has 1 N–H and O–H groups in total. The third kappa shape index (κ3) is 4.10. The van der Waals surface area contributed by atoms with Gasteiger partial charge in [-0.05, 0) is 43.5 Å². The minimum Gasteiger partial charge on any atom is -0.350 e. The first kappa shape index (κ1) is 18.5. The molecule has 26 heavy (non-hydrogen) atoms. The average molecular weight is 369 g/mol. The molecule has 1 aliphatic heterocycles. The maximum absolute atomic E-state index is 12.7. The zero-order valence-electron chi connectivity index (χ0n) is 15.2. The van der Waals surface area contributed by atoms with Crippen LogP contribution in [0.3, 0.4) is 0 Å². The van der Waals surface area contributed by atoms with Crippen molar-refractivity contribution in [1.29, 1.82) is 0 Å². The van der Waals surface area contributed by atoms with Crippen molar-refractivity contribution < 1.29 is 9.59 Å². The number of anilines is 1. The Morgan fingerprint density at radius 3 is 2.69 bits per heavy atom. The van der Waals surface area contributed by atoms with Crippen LogP contribution in [0, 0.1) is 0 Å². The van der Waals surface area contributed by atoms with Crippen molar-refractivity contribution in [3.63, 3.8) is 0 Å². The largest absolute Gasteiger partial charge is 0.350 e. The number of hydrogen-bond donors (Lipinski definition) is 1. The monoisotopic (exact) mass is 368 g/mol. The summed E-state index contributed by atoms with van der Waals surface area (Å²) in [5.41, 5.74) is 2.87. The summed E-state index contributed by atoms with van der Waals surface area (Å²) in [5.74, 6) is 0.320. The number of nitrogens with zero attached hydrogens (tertiary/aromatic N) is 1. The molecule has 0 saturated carbocycles. The summed E-state index contributed by atoms with van der Waals surface area (Å²) in [6, 6.07) is 15.6. The molecule has 0 fully saturated rings. The van der Waals surface area contributed by atoms with Gasteiger partial charge in [-0.2, -0.15) is 0 Å². The van der Waals surface area contributed by atoms with Gasteiger partial charge in [-0.1, -0.05) is 37.3 Å². The number of carbonyl (C=O) groups is 2. The van der Waals surface area contributed by atoms with E-state index in [0.29, 0.717) is 11.3 Å². The fraction of sp³-hybridized carbons (Fsp3) is 0.333. The number of hydrogen-bond acceptors (Lipinski definition) is 3. The summed E-state index contributed by atoms with van der Waals surface area (Å²) >= 11 is 1.43. The molecule has 1 aliphatic rings. The Morgan fingerprint density at radius 1 is 1.15 bits per heavy atom. The smallest absolute Gasteiger partial charge is 0.252 e. The quantitative estimate of drug-likeness (QED) is 0.787. The summed E-state index contributed by atoms with van der Waals surface area (Å²) in [6.45, 7) is 4.76. The molecule has 1 atom stereocenters. The van der Waals surface area contributed by atoms with Gasteiger partial charge in [0.1, 0.15) is 0 Å². The molecule has 1 heterocycles. The molecule has 4 nitrogen and oxygen atoms in total. The predicted octanol–water partition coefficient (Wildman–Crippen LogP) is 3.90. The van der Waals surface area contributed by atoms with E-state index in [1.807, 2.05) is 61.2 Å². The lowest BCUT2D eigenvalue weighted by atomic mass is 10.2. The lowest BCUT2D eigenvalue weighted by molar-refractivity contribution is -0.116. The molecule has 136 valence electrons. The Hall–Kier alpha value is -2.27. The number of amides is 2. The second-order valence-electron chi connectivity index (χ2n) is 6.49. The van der Waals surface area contributed by atoms with Gasteiger partial charge in [0.2, 0.25) is 5.91 Å². The summed E-state index contributed by atoms with van der Waals surface area (Å²) < 4.78 is 0. The van der Waals surface area contributed by atoms with E-state index >= 15 is 0 Å². The van der Waals surface area contributed by atoms with Crippen molar-refractivity contribution in [2.24, 2.45) is 0 Å². The SMILES string of the molecule is CCC(C)NC(=O)c1ccccc1SCC(=O)N1CCc2ccccc21. The Labute approximate surface area is 159 Å². The fourth-order valence-electron chi connectivity index (χ4n) is 3.00. The van der Waals surface area contributed by atoms with Gasteiger partial charge >= 0.3 is 0 Å². The van der Waals surface area contributed by atoms with E-state index in [9.17, 15) is 9.59 Å². The minimum atomic E-state index is -0.0820. The van der Waals surface area contributed by atoms with Crippen LogP contribution in [0.1, 0.15) is 36.2 Å².